The third kappa shape index (κ3) is 6.08. The minimum absolute atomic E-state index is 0.0410. The van der Waals surface area contributed by atoms with E-state index in [9.17, 15) is 14.7 Å². The number of rotatable bonds is 9. The van der Waals surface area contributed by atoms with Crippen molar-refractivity contribution >= 4 is 11.9 Å². The summed E-state index contributed by atoms with van der Waals surface area (Å²) in [6.07, 6.45) is 2.54. The molecule has 0 aliphatic carbocycles. The zero-order valence-corrected chi connectivity index (χ0v) is 13.0. The van der Waals surface area contributed by atoms with Gasteiger partial charge >= 0.3 is 5.97 Å². The lowest BCUT2D eigenvalue weighted by molar-refractivity contribution is -0.149. The van der Waals surface area contributed by atoms with E-state index in [0.29, 0.717) is 31.1 Å². The van der Waals surface area contributed by atoms with E-state index in [2.05, 4.69) is 26.1 Å². The van der Waals surface area contributed by atoms with E-state index < -0.39 is 11.4 Å². The molecular weight excluding hydrogens is 242 g/mol. The van der Waals surface area contributed by atoms with E-state index in [0.717, 1.165) is 6.42 Å². The summed E-state index contributed by atoms with van der Waals surface area (Å²) in [5.74, 6) is 0.0448. The highest BCUT2D eigenvalue weighted by Gasteiger charge is 2.35. The van der Waals surface area contributed by atoms with Gasteiger partial charge in [0.05, 0.1) is 5.41 Å². The lowest BCUT2D eigenvalue weighted by Crippen LogP contribution is -2.42. The molecule has 0 heterocycles. The minimum atomic E-state index is -0.826. The lowest BCUT2D eigenvalue weighted by atomic mass is 9.82. The highest BCUT2D eigenvalue weighted by atomic mass is 16.4. The Kier molecular flexibility index (Phi) is 7.72. The molecule has 4 nitrogen and oxygen atoms in total. The maximum atomic E-state index is 11.8. The van der Waals surface area contributed by atoms with E-state index in [1.54, 1.807) is 0 Å². The maximum Gasteiger partial charge on any atom is 0.311 e. The van der Waals surface area contributed by atoms with E-state index in [-0.39, 0.29) is 12.5 Å². The van der Waals surface area contributed by atoms with Crippen LogP contribution in [0.2, 0.25) is 0 Å². The van der Waals surface area contributed by atoms with Crippen molar-refractivity contribution in [3.63, 3.8) is 0 Å². The monoisotopic (exact) mass is 271 g/mol. The topological polar surface area (TPSA) is 66.4 Å². The Hall–Kier alpha value is -1.06. The van der Waals surface area contributed by atoms with Crippen LogP contribution in [-0.2, 0) is 9.59 Å². The normalized spacial score (nSPS) is 13.4. The molecule has 0 spiro atoms. The molecule has 1 amide bonds. The number of hydrogen-bond acceptors (Lipinski definition) is 2. The van der Waals surface area contributed by atoms with Crippen molar-refractivity contribution in [3.8, 4) is 0 Å². The van der Waals surface area contributed by atoms with Crippen molar-refractivity contribution in [1.82, 2.24) is 5.32 Å². The predicted octanol–water partition coefficient (Wildman–Crippen LogP) is 3.07. The Morgan fingerprint density at radius 1 is 1.16 bits per heavy atom. The summed E-state index contributed by atoms with van der Waals surface area (Å²) in [4.78, 5) is 23.1. The number of hydrogen-bond donors (Lipinski definition) is 2. The molecule has 0 aromatic rings. The van der Waals surface area contributed by atoms with Crippen LogP contribution in [0.25, 0.3) is 0 Å². The van der Waals surface area contributed by atoms with Crippen molar-refractivity contribution in [2.24, 2.45) is 17.3 Å². The number of nitrogens with one attached hydrogen (secondary N) is 1. The zero-order valence-electron chi connectivity index (χ0n) is 13.0. The lowest BCUT2D eigenvalue weighted by Gasteiger charge is -2.27. The molecule has 0 fully saturated rings. The highest BCUT2D eigenvalue weighted by Crippen LogP contribution is 2.25. The average molecular weight is 271 g/mol. The Balaban J connectivity index is 4.31. The van der Waals surface area contributed by atoms with Crippen LogP contribution in [0.15, 0.2) is 0 Å². The van der Waals surface area contributed by atoms with Crippen LogP contribution in [0.5, 0.6) is 0 Å². The quantitative estimate of drug-likeness (QED) is 0.677. The Morgan fingerprint density at radius 3 is 2.05 bits per heavy atom. The van der Waals surface area contributed by atoms with Crippen LogP contribution < -0.4 is 5.32 Å². The van der Waals surface area contributed by atoms with Crippen molar-refractivity contribution < 1.29 is 14.7 Å². The van der Waals surface area contributed by atoms with E-state index >= 15 is 0 Å². The molecule has 0 saturated heterocycles. The molecule has 1 atom stereocenters. The molecule has 0 aromatic carbocycles. The summed E-state index contributed by atoms with van der Waals surface area (Å²) in [7, 11) is 0. The second-order valence-electron chi connectivity index (χ2n) is 6.01. The summed E-state index contributed by atoms with van der Waals surface area (Å²) < 4.78 is 0. The van der Waals surface area contributed by atoms with Crippen molar-refractivity contribution in [1.29, 1.82) is 0 Å². The summed E-state index contributed by atoms with van der Waals surface area (Å²) in [6, 6.07) is 0. The number of carboxylic acids is 1. The van der Waals surface area contributed by atoms with Gasteiger partial charge in [0.25, 0.3) is 0 Å². The molecule has 2 N–H and O–H groups in total. The summed E-state index contributed by atoms with van der Waals surface area (Å²) in [5, 5.41) is 12.1. The van der Waals surface area contributed by atoms with Crippen molar-refractivity contribution in [3.05, 3.63) is 0 Å². The maximum absolute atomic E-state index is 11.8. The van der Waals surface area contributed by atoms with Gasteiger partial charge in [0.15, 0.2) is 0 Å². The summed E-state index contributed by atoms with van der Waals surface area (Å²) in [6.45, 7) is 10.3. The largest absolute Gasteiger partial charge is 0.481 e. The zero-order chi connectivity index (χ0) is 15.1. The van der Waals surface area contributed by atoms with Gasteiger partial charge in [0, 0.05) is 13.0 Å². The van der Waals surface area contributed by atoms with Gasteiger partial charge in [0.2, 0.25) is 5.91 Å². The van der Waals surface area contributed by atoms with Crippen LogP contribution >= 0.6 is 0 Å². The highest BCUT2D eigenvalue weighted by molar-refractivity contribution is 5.79. The van der Waals surface area contributed by atoms with Gasteiger partial charge in [-0.05, 0) is 31.1 Å². The van der Waals surface area contributed by atoms with Crippen molar-refractivity contribution in [2.45, 2.75) is 60.3 Å². The third-order valence-corrected chi connectivity index (χ3v) is 3.84. The molecule has 0 aliphatic rings. The van der Waals surface area contributed by atoms with Crippen LogP contribution in [0.3, 0.4) is 0 Å². The first-order chi connectivity index (χ1) is 8.77. The molecule has 112 valence electrons. The molecule has 19 heavy (non-hydrogen) atoms. The molecule has 0 aliphatic heterocycles. The molecule has 0 saturated carbocycles. The molecule has 1 unspecified atom stereocenters. The standard InChI is InChI=1S/C15H29NO3/c1-6-15(7-2,14(18)19)10-16-13(17)9-12(5)8-11(3)4/h11-12H,6-10H2,1-5H3,(H,16,17)(H,18,19). The van der Waals surface area contributed by atoms with Gasteiger partial charge in [-0.15, -0.1) is 0 Å². The van der Waals surface area contributed by atoms with Gasteiger partial charge in [-0.25, -0.2) is 0 Å². The number of amides is 1. The van der Waals surface area contributed by atoms with Crippen molar-refractivity contribution in [2.75, 3.05) is 6.54 Å². The van der Waals surface area contributed by atoms with Gasteiger partial charge in [-0.2, -0.15) is 0 Å². The van der Waals surface area contributed by atoms with Crippen LogP contribution in [0.1, 0.15) is 60.3 Å². The van der Waals surface area contributed by atoms with Crippen LogP contribution in [-0.4, -0.2) is 23.5 Å². The molecule has 0 bridgehead atoms. The number of aliphatic carboxylic acids is 1. The third-order valence-electron chi connectivity index (χ3n) is 3.84. The Labute approximate surface area is 117 Å². The second-order valence-corrected chi connectivity index (χ2v) is 6.01. The number of carbonyl (C=O) groups is 2. The van der Waals surface area contributed by atoms with Gasteiger partial charge < -0.3 is 10.4 Å². The summed E-state index contributed by atoms with van der Waals surface area (Å²) >= 11 is 0. The number of carbonyl (C=O) groups excluding carboxylic acids is 1. The molecule has 4 heteroatoms. The minimum Gasteiger partial charge on any atom is -0.481 e. The number of carboxylic acid groups (broad SMARTS) is 1. The van der Waals surface area contributed by atoms with E-state index in [4.69, 9.17) is 0 Å². The first kappa shape index (κ1) is 17.9. The molecule has 0 radical (unpaired) electrons. The molecule has 0 rings (SSSR count). The van der Waals surface area contributed by atoms with Gasteiger partial charge in [-0.3, -0.25) is 9.59 Å². The first-order valence-electron chi connectivity index (χ1n) is 7.27. The predicted molar refractivity (Wildman–Crippen MR) is 76.9 cm³/mol. The SMILES string of the molecule is CCC(CC)(CNC(=O)CC(C)CC(C)C)C(=O)O. The fourth-order valence-corrected chi connectivity index (χ4v) is 2.42. The first-order valence-corrected chi connectivity index (χ1v) is 7.27. The van der Waals surface area contributed by atoms with Crippen LogP contribution in [0.4, 0.5) is 0 Å². The van der Waals surface area contributed by atoms with Gasteiger partial charge in [-0.1, -0.05) is 34.6 Å². The van der Waals surface area contributed by atoms with E-state index in [1.165, 1.54) is 0 Å². The fraction of sp³-hybridized carbons (Fsp3) is 0.867. The Morgan fingerprint density at radius 2 is 1.68 bits per heavy atom. The van der Waals surface area contributed by atoms with E-state index in [1.807, 2.05) is 13.8 Å². The average Bonchev–Trinajstić information content (AvgIpc) is 2.29. The molecule has 0 aromatic heterocycles. The fourth-order valence-electron chi connectivity index (χ4n) is 2.42. The summed E-state index contributed by atoms with van der Waals surface area (Å²) in [5.41, 5.74) is -0.822. The van der Waals surface area contributed by atoms with Gasteiger partial charge in [0.1, 0.15) is 0 Å². The second kappa shape index (κ2) is 8.18. The van der Waals surface area contributed by atoms with Crippen LogP contribution in [0, 0.1) is 17.3 Å². The smallest absolute Gasteiger partial charge is 0.311 e. The molecular formula is C15H29NO3. The Bertz CT molecular complexity index is 296.